The Hall–Kier alpha value is -2.23. The number of nitrogens with one attached hydrogen (secondary N) is 1. The second-order valence-corrected chi connectivity index (χ2v) is 8.42. The number of aryl methyl sites for hydroxylation is 1. The van der Waals surface area contributed by atoms with Crippen molar-refractivity contribution < 1.29 is 28.1 Å². The number of hydrogen-bond acceptors (Lipinski definition) is 5. The fourth-order valence-electron chi connectivity index (χ4n) is 3.31. The van der Waals surface area contributed by atoms with Gasteiger partial charge < -0.3 is 19.7 Å². The van der Waals surface area contributed by atoms with Crippen molar-refractivity contribution in [2.45, 2.75) is 46.3 Å². The average Bonchev–Trinajstić information content (AvgIpc) is 3.06. The third-order valence-electron chi connectivity index (χ3n) is 4.62. The molecule has 0 aliphatic rings. The summed E-state index contributed by atoms with van der Waals surface area (Å²) < 4.78 is 37.2. The largest absolute Gasteiger partial charge is 0.634 e. The maximum absolute atomic E-state index is 12.6. The first kappa shape index (κ1) is 24.0. The van der Waals surface area contributed by atoms with Crippen molar-refractivity contribution in [1.82, 2.24) is 9.47 Å². The molecule has 0 amide bonds. The standard InChI is InChI=1S/C21H31F2N3O4/c1-14-11-17(29-6)16(12-24(5)9-10-25(28)13-18(22)23)15-7-8-26(19(14)15)20(27)30-21(2,3)4/h7-8,11,18,25H,9-10,12-13H2,1-6H3. The molecule has 0 aliphatic heterocycles. The first-order chi connectivity index (χ1) is 13.9. The first-order valence-electron chi connectivity index (χ1n) is 9.82. The van der Waals surface area contributed by atoms with E-state index in [0.29, 0.717) is 18.8 Å². The van der Waals surface area contributed by atoms with Crippen molar-refractivity contribution in [1.29, 1.82) is 0 Å². The quantitative estimate of drug-likeness (QED) is 0.656. The van der Waals surface area contributed by atoms with Gasteiger partial charge in [-0.2, -0.15) is 0 Å². The minimum Gasteiger partial charge on any atom is -0.634 e. The number of carbonyl (C=O) groups excluding carboxylic acids is 1. The molecule has 1 heterocycles. The average molecular weight is 427 g/mol. The molecular formula is C21H31F2N3O4. The Morgan fingerprint density at radius 3 is 2.60 bits per heavy atom. The van der Waals surface area contributed by atoms with E-state index in [4.69, 9.17) is 9.47 Å². The molecule has 0 saturated heterocycles. The van der Waals surface area contributed by atoms with Gasteiger partial charge >= 0.3 is 6.09 Å². The molecule has 7 nitrogen and oxygen atoms in total. The van der Waals surface area contributed by atoms with E-state index in [1.165, 1.54) is 4.57 Å². The number of hydrogen-bond donors (Lipinski definition) is 1. The number of nitrogens with zero attached hydrogens (tertiary/aromatic N) is 2. The molecule has 0 aliphatic carbocycles. The van der Waals surface area contributed by atoms with Crippen LogP contribution in [-0.4, -0.2) is 61.4 Å². The zero-order valence-corrected chi connectivity index (χ0v) is 18.4. The predicted molar refractivity (Wildman–Crippen MR) is 111 cm³/mol. The van der Waals surface area contributed by atoms with Gasteiger partial charge in [0.25, 0.3) is 6.43 Å². The van der Waals surface area contributed by atoms with Crippen molar-refractivity contribution in [3.05, 3.63) is 34.7 Å². The van der Waals surface area contributed by atoms with Crippen molar-refractivity contribution in [2.75, 3.05) is 33.8 Å². The summed E-state index contributed by atoms with van der Waals surface area (Å²) in [5.74, 6) is 0.660. The summed E-state index contributed by atoms with van der Waals surface area (Å²) in [7, 11) is 3.38. The van der Waals surface area contributed by atoms with Crippen LogP contribution in [0.2, 0.25) is 0 Å². The second-order valence-electron chi connectivity index (χ2n) is 8.42. The van der Waals surface area contributed by atoms with Crippen LogP contribution in [0.1, 0.15) is 31.9 Å². The molecule has 168 valence electrons. The third-order valence-corrected chi connectivity index (χ3v) is 4.62. The summed E-state index contributed by atoms with van der Waals surface area (Å²) in [5.41, 5.74) is 1.81. The van der Waals surface area contributed by atoms with Crippen LogP contribution in [0.25, 0.3) is 10.9 Å². The van der Waals surface area contributed by atoms with Crippen LogP contribution in [0, 0.1) is 12.1 Å². The highest BCUT2D eigenvalue weighted by atomic mass is 19.3. The molecule has 0 fully saturated rings. The molecule has 1 atom stereocenters. The van der Waals surface area contributed by atoms with E-state index in [0.717, 1.165) is 22.0 Å². The number of carbonyl (C=O) groups is 1. The fourth-order valence-corrected chi connectivity index (χ4v) is 3.31. The lowest BCUT2D eigenvalue weighted by Crippen LogP contribution is -3.08. The van der Waals surface area contributed by atoms with Gasteiger partial charge in [-0.05, 0) is 52.4 Å². The molecule has 0 radical (unpaired) electrons. The number of halogens is 2. The number of hydroxylamine groups is 2. The number of likely N-dealkylation sites (N-methyl/N-ethyl adjacent to an activating group) is 1. The van der Waals surface area contributed by atoms with E-state index in [-0.39, 0.29) is 6.54 Å². The summed E-state index contributed by atoms with van der Waals surface area (Å²) in [4.78, 5) is 14.5. The Bertz CT molecular complexity index is 877. The highest BCUT2D eigenvalue weighted by molar-refractivity contribution is 5.95. The minimum atomic E-state index is -2.62. The summed E-state index contributed by atoms with van der Waals surface area (Å²) in [6.07, 6.45) is -1.42. The Morgan fingerprint density at radius 1 is 1.37 bits per heavy atom. The van der Waals surface area contributed by atoms with E-state index < -0.39 is 29.7 Å². The molecule has 0 saturated carbocycles. The molecule has 1 N–H and O–H groups in total. The van der Waals surface area contributed by atoms with E-state index >= 15 is 0 Å². The van der Waals surface area contributed by atoms with Gasteiger partial charge in [-0.25, -0.2) is 13.6 Å². The van der Waals surface area contributed by atoms with Gasteiger partial charge in [-0.3, -0.25) is 9.47 Å². The SMILES string of the molecule is COc1cc(C)c2c(ccn2C(=O)OC(C)(C)C)c1CN(C)CC[NH+]([O-])CC(F)F. The number of alkyl halides is 2. The van der Waals surface area contributed by atoms with E-state index in [2.05, 4.69) is 0 Å². The van der Waals surface area contributed by atoms with Gasteiger partial charge in [-0.15, -0.1) is 0 Å². The molecule has 9 heteroatoms. The minimum absolute atomic E-state index is 0.0527. The summed E-state index contributed by atoms with van der Waals surface area (Å²) >= 11 is 0. The number of benzene rings is 1. The molecule has 1 aromatic heterocycles. The number of aromatic nitrogens is 1. The Morgan fingerprint density at radius 2 is 2.03 bits per heavy atom. The van der Waals surface area contributed by atoms with Crippen LogP contribution in [0.5, 0.6) is 5.75 Å². The number of quaternary nitrogens is 1. The Labute approximate surface area is 175 Å². The molecule has 30 heavy (non-hydrogen) atoms. The molecule has 2 rings (SSSR count). The maximum Gasteiger partial charge on any atom is 0.419 e. The predicted octanol–water partition coefficient (Wildman–Crippen LogP) is 2.82. The first-order valence-corrected chi connectivity index (χ1v) is 9.82. The third kappa shape index (κ3) is 6.13. The monoisotopic (exact) mass is 427 g/mol. The lowest BCUT2D eigenvalue weighted by atomic mass is 10.0. The smallest absolute Gasteiger partial charge is 0.419 e. The van der Waals surface area contributed by atoms with Crippen LogP contribution >= 0.6 is 0 Å². The number of ether oxygens (including phenoxy) is 2. The van der Waals surface area contributed by atoms with Crippen LogP contribution < -0.4 is 9.80 Å². The van der Waals surface area contributed by atoms with Gasteiger partial charge in [0.2, 0.25) is 0 Å². The summed E-state index contributed by atoms with van der Waals surface area (Å²) in [5, 5.41) is 12.0. The van der Waals surface area contributed by atoms with E-state index in [9.17, 15) is 18.8 Å². The molecule has 0 spiro atoms. The van der Waals surface area contributed by atoms with Gasteiger partial charge in [-0.1, -0.05) is 0 Å². The highest BCUT2D eigenvalue weighted by Crippen LogP contribution is 2.33. The molecule has 0 bridgehead atoms. The summed E-state index contributed by atoms with van der Waals surface area (Å²) in [6.45, 7) is 7.42. The van der Waals surface area contributed by atoms with Crippen molar-refractivity contribution in [3.8, 4) is 5.75 Å². The molecular weight excluding hydrogens is 396 g/mol. The van der Waals surface area contributed by atoms with Crippen molar-refractivity contribution in [2.24, 2.45) is 0 Å². The van der Waals surface area contributed by atoms with Gasteiger partial charge in [0.1, 0.15) is 17.9 Å². The molecule has 1 aromatic carbocycles. The van der Waals surface area contributed by atoms with Crippen LogP contribution in [0.3, 0.4) is 0 Å². The highest BCUT2D eigenvalue weighted by Gasteiger charge is 2.22. The van der Waals surface area contributed by atoms with E-state index in [1.807, 2.05) is 51.8 Å². The van der Waals surface area contributed by atoms with Crippen molar-refractivity contribution >= 4 is 17.0 Å². The zero-order valence-electron chi connectivity index (χ0n) is 18.4. The van der Waals surface area contributed by atoms with Crippen LogP contribution in [0.15, 0.2) is 18.3 Å². The number of fused-ring (bicyclic) bond motifs is 1. The second kappa shape index (κ2) is 9.72. The van der Waals surface area contributed by atoms with Crippen LogP contribution in [-0.2, 0) is 11.3 Å². The van der Waals surface area contributed by atoms with Gasteiger partial charge in [0.05, 0.1) is 19.2 Å². The fraction of sp³-hybridized carbons (Fsp3) is 0.571. The zero-order chi connectivity index (χ0) is 22.6. The maximum atomic E-state index is 12.6. The lowest BCUT2D eigenvalue weighted by Gasteiger charge is -2.25. The number of methoxy groups -OCH3 is 1. The summed E-state index contributed by atoms with van der Waals surface area (Å²) in [6, 6.07) is 3.69. The molecule has 2 aromatic rings. The lowest BCUT2D eigenvalue weighted by molar-refractivity contribution is -0.852. The normalized spacial score (nSPS) is 13.3. The van der Waals surface area contributed by atoms with Gasteiger partial charge in [0.15, 0.2) is 0 Å². The van der Waals surface area contributed by atoms with Gasteiger partial charge in [0, 0.05) is 30.2 Å². The Kier molecular flexibility index (Phi) is 7.79. The molecule has 1 unspecified atom stereocenters. The van der Waals surface area contributed by atoms with E-state index in [1.54, 1.807) is 13.3 Å². The van der Waals surface area contributed by atoms with Crippen LogP contribution in [0.4, 0.5) is 13.6 Å². The van der Waals surface area contributed by atoms with Crippen molar-refractivity contribution in [3.63, 3.8) is 0 Å². The topological polar surface area (TPSA) is 71.2 Å². The Balaban J connectivity index is 2.31. The number of rotatable bonds is 8.